The number of nitrogens with zero attached hydrogens (tertiary/aromatic N) is 1. The molecule has 6 nitrogen and oxygen atoms in total. The first kappa shape index (κ1) is 22.4. The Hall–Kier alpha value is -3.80. The Balaban J connectivity index is 1.84. The monoisotopic (exact) mass is 445 g/mol. The Labute approximate surface area is 193 Å². The van der Waals surface area contributed by atoms with Crippen LogP contribution in [0.5, 0.6) is 5.75 Å². The second-order valence-corrected chi connectivity index (χ2v) is 8.35. The fourth-order valence-electron chi connectivity index (χ4n) is 4.05. The van der Waals surface area contributed by atoms with Crippen LogP contribution in [0.3, 0.4) is 0 Å². The van der Waals surface area contributed by atoms with Crippen LogP contribution < -0.4 is 9.64 Å². The van der Waals surface area contributed by atoms with Crippen molar-refractivity contribution < 1.29 is 23.8 Å². The van der Waals surface area contributed by atoms with E-state index in [1.807, 2.05) is 52.0 Å². The molecule has 2 heterocycles. The average Bonchev–Trinajstić information content (AvgIpc) is 3.41. The maximum Gasteiger partial charge on any atom is 0.300 e. The second-order valence-electron chi connectivity index (χ2n) is 8.35. The third-order valence-corrected chi connectivity index (χ3v) is 5.69. The topological polar surface area (TPSA) is 80.0 Å². The number of benzene rings is 2. The number of anilines is 1. The molecule has 1 aliphatic heterocycles. The number of rotatable bonds is 6. The highest BCUT2D eigenvalue weighted by atomic mass is 16.5. The predicted molar refractivity (Wildman–Crippen MR) is 126 cm³/mol. The first-order chi connectivity index (χ1) is 15.8. The van der Waals surface area contributed by atoms with Crippen molar-refractivity contribution in [2.24, 2.45) is 0 Å². The normalized spacial score (nSPS) is 17.7. The van der Waals surface area contributed by atoms with Gasteiger partial charge in [-0.3, -0.25) is 14.5 Å². The molecular weight excluding hydrogens is 418 g/mol. The van der Waals surface area contributed by atoms with Crippen molar-refractivity contribution in [1.82, 2.24) is 0 Å². The summed E-state index contributed by atoms with van der Waals surface area (Å²) in [5.74, 6) is -0.624. The first-order valence-corrected chi connectivity index (χ1v) is 11.0. The molecule has 2 aromatic carbocycles. The first-order valence-electron chi connectivity index (χ1n) is 11.0. The zero-order valence-corrected chi connectivity index (χ0v) is 19.2. The summed E-state index contributed by atoms with van der Waals surface area (Å²) in [5.41, 5.74) is 2.91. The summed E-state index contributed by atoms with van der Waals surface area (Å²) in [6.45, 7) is 7.78. The third-order valence-electron chi connectivity index (χ3n) is 5.69. The molecule has 0 aliphatic carbocycles. The molecule has 3 aromatic rings. The van der Waals surface area contributed by atoms with E-state index >= 15 is 0 Å². The van der Waals surface area contributed by atoms with Crippen molar-refractivity contribution in [3.05, 3.63) is 88.9 Å². The molecule has 1 N–H and O–H groups in total. The molecule has 0 spiro atoms. The van der Waals surface area contributed by atoms with Gasteiger partial charge in [-0.15, -0.1) is 0 Å². The van der Waals surface area contributed by atoms with Crippen LogP contribution in [0.4, 0.5) is 5.69 Å². The smallest absolute Gasteiger partial charge is 0.300 e. The van der Waals surface area contributed by atoms with Crippen molar-refractivity contribution >= 4 is 23.1 Å². The summed E-state index contributed by atoms with van der Waals surface area (Å²) in [5, 5.41) is 11.2. The van der Waals surface area contributed by atoms with Crippen molar-refractivity contribution in [3.63, 3.8) is 0 Å². The molecule has 1 unspecified atom stereocenters. The van der Waals surface area contributed by atoms with Gasteiger partial charge in [0, 0.05) is 11.3 Å². The molecule has 1 amide bonds. The highest BCUT2D eigenvalue weighted by molar-refractivity contribution is 6.51. The number of ketones is 1. The number of amides is 1. The summed E-state index contributed by atoms with van der Waals surface area (Å²) in [4.78, 5) is 27.7. The Morgan fingerprint density at radius 1 is 1.12 bits per heavy atom. The van der Waals surface area contributed by atoms with E-state index in [0.29, 0.717) is 22.8 Å². The number of aliphatic hydroxyl groups excluding tert-OH is 1. The van der Waals surface area contributed by atoms with Gasteiger partial charge < -0.3 is 14.3 Å². The molecule has 1 saturated heterocycles. The molecule has 1 atom stereocenters. The summed E-state index contributed by atoms with van der Waals surface area (Å²) in [6.07, 6.45) is 2.35. The number of hydrogen-bond donors (Lipinski definition) is 1. The molecule has 6 heteroatoms. The van der Waals surface area contributed by atoms with Gasteiger partial charge >= 0.3 is 0 Å². The zero-order chi connectivity index (χ0) is 23.7. The van der Waals surface area contributed by atoms with Crippen molar-refractivity contribution in [3.8, 4) is 5.75 Å². The van der Waals surface area contributed by atoms with E-state index < -0.39 is 17.7 Å². The fraction of sp³-hybridized carbons (Fsp3) is 0.259. The number of hydrogen-bond acceptors (Lipinski definition) is 5. The molecule has 4 rings (SSSR count). The van der Waals surface area contributed by atoms with Gasteiger partial charge in [-0.25, -0.2) is 0 Å². The largest absolute Gasteiger partial charge is 0.507 e. The van der Waals surface area contributed by atoms with Crippen LogP contribution in [0.25, 0.3) is 5.76 Å². The maximum absolute atomic E-state index is 13.2. The van der Waals surface area contributed by atoms with E-state index in [4.69, 9.17) is 9.15 Å². The average molecular weight is 446 g/mol. The number of carbonyl (C=O) groups is 2. The number of aryl methyl sites for hydroxylation is 2. The molecule has 0 radical (unpaired) electrons. The summed E-state index contributed by atoms with van der Waals surface area (Å²) < 4.78 is 11.4. The van der Waals surface area contributed by atoms with E-state index in [1.165, 1.54) is 11.2 Å². The van der Waals surface area contributed by atoms with Gasteiger partial charge in [0.15, 0.2) is 0 Å². The number of ether oxygens (including phenoxy) is 1. The van der Waals surface area contributed by atoms with Gasteiger partial charge in [-0.05, 0) is 80.8 Å². The van der Waals surface area contributed by atoms with E-state index in [2.05, 4.69) is 0 Å². The van der Waals surface area contributed by atoms with E-state index in [0.717, 1.165) is 17.5 Å². The molecule has 0 saturated carbocycles. The fourth-order valence-corrected chi connectivity index (χ4v) is 4.05. The molecular formula is C27H27NO5. The van der Waals surface area contributed by atoms with Gasteiger partial charge in [-0.2, -0.15) is 0 Å². The highest BCUT2D eigenvalue weighted by Crippen LogP contribution is 2.42. The summed E-state index contributed by atoms with van der Waals surface area (Å²) in [6, 6.07) is 15.2. The second kappa shape index (κ2) is 8.98. The SMILES string of the molecule is CCc1ccc(N2C(=O)C(=O)/C(=C(\O)c3ccc(OC(C)C)c(C)c3)C2c2ccco2)cc1. The molecule has 1 aliphatic rings. The van der Waals surface area contributed by atoms with Gasteiger partial charge in [0.2, 0.25) is 0 Å². The van der Waals surface area contributed by atoms with Crippen LogP contribution >= 0.6 is 0 Å². The van der Waals surface area contributed by atoms with Gasteiger partial charge in [0.25, 0.3) is 11.7 Å². The summed E-state index contributed by atoms with van der Waals surface area (Å²) >= 11 is 0. The van der Waals surface area contributed by atoms with E-state index in [-0.39, 0.29) is 17.4 Å². The predicted octanol–water partition coefficient (Wildman–Crippen LogP) is 5.56. The zero-order valence-electron chi connectivity index (χ0n) is 19.2. The lowest BCUT2D eigenvalue weighted by Crippen LogP contribution is -2.29. The van der Waals surface area contributed by atoms with Crippen molar-refractivity contribution in [1.29, 1.82) is 0 Å². The van der Waals surface area contributed by atoms with Gasteiger partial charge in [0.1, 0.15) is 23.3 Å². The standard InChI is InChI=1S/C27H27NO5/c1-5-18-8-11-20(12-9-18)28-24(22-7-6-14-32-22)23(26(30)27(28)31)25(29)19-10-13-21(17(4)15-19)33-16(2)3/h6-16,24,29H,5H2,1-4H3/b25-23-. The quantitative estimate of drug-likeness (QED) is 0.305. The van der Waals surface area contributed by atoms with E-state index in [9.17, 15) is 14.7 Å². The van der Waals surface area contributed by atoms with Crippen LogP contribution in [0, 0.1) is 6.92 Å². The molecule has 170 valence electrons. The lowest BCUT2D eigenvalue weighted by Gasteiger charge is -2.23. The minimum absolute atomic E-state index is 0.00604. The molecule has 1 aromatic heterocycles. The molecule has 1 fully saturated rings. The number of aliphatic hydroxyl groups is 1. The van der Waals surface area contributed by atoms with Crippen LogP contribution in [-0.2, 0) is 16.0 Å². The minimum Gasteiger partial charge on any atom is -0.507 e. The maximum atomic E-state index is 13.2. The Bertz CT molecular complexity index is 1210. The number of furan rings is 1. The Morgan fingerprint density at radius 2 is 1.85 bits per heavy atom. The lowest BCUT2D eigenvalue weighted by atomic mass is 9.98. The lowest BCUT2D eigenvalue weighted by molar-refractivity contribution is -0.132. The van der Waals surface area contributed by atoms with Gasteiger partial charge in [0.05, 0.1) is 17.9 Å². The number of carbonyl (C=O) groups excluding carboxylic acids is 2. The van der Waals surface area contributed by atoms with Crippen LogP contribution in [0.1, 0.15) is 49.3 Å². The van der Waals surface area contributed by atoms with E-state index in [1.54, 1.807) is 30.3 Å². The number of Topliss-reactive ketones (excluding diaryl/α,β-unsaturated/α-hetero) is 1. The Kier molecular flexibility index (Phi) is 6.09. The van der Waals surface area contributed by atoms with Crippen LogP contribution in [0.2, 0.25) is 0 Å². The third kappa shape index (κ3) is 4.16. The minimum atomic E-state index is -0.876. The van der Waals surface area contributed by atoms with Crippen LogP contribution in [0.15, 0.2) is 70.9 Å². The Morgan fingerprint density at radius 3 is 2.42 bits per heavy atom. The highest BCUT2D eigenvalue weighted by Gasteiger charge is 2.48. The van der Waals surface area contributed by atoms with Crippen molar-refractivity contribution in [2.75, 3.05) is 4.90 Å². The molecule has 0 bridgehead atoms. The van der Waals surface area contributed by atoms with Crippen molar-refractivity contribution in [2.45, 2.75) is 46.3 Å². The van der Waals surface area contributed by atoms with Crippen LogP contribution in [-0.4, -0.2) is 22.9 Å². The molecule has 33 heavy (non-hydrogen) atoms. The van der Waals surface area contributed by atoms with Gasteiger partial charge in [-0.1, -0.05) is 19.1 Å². The summed E-state index contributed by atoms with van der Waals surface area (Å²) in [7, 11) is 0.